The van der Waals surface area contributed by atoms with Crippen LogP contribution in [0.1, 0.15) is 32.3 Å². The first-order valence-electron chi connectivity index (χ1n) is 7.31. The maximum absolute atomic E-state index is 14.1. The molecule has 1 rings (SSSR count). The minimum absolute atomic E-state index is 0.116. The second-order valence-electron chi connectivity index (χ2n) is 5.16. The average molecular weight is 298 g/mol. The van der Waals surface area contributed by atoms with Crippen LogP contribution >= 0.6 is 11.8 Å². The number of thioether (sulfide) groups is 1. The molecule has 0 fully saturated rings. The molecule has 0 bridgehead atoms. The lowest BCUT2D eigenvalue weighted by molar-refractivity contribution is 0.580. The molecule has 1 unspecified atom stereocenters. The molecule has 0 aliphatic carbocycles. The second-order valence-corrected chi connectivity index (χ2v) is 6.14. The quantitative estimate of drug-likeness (QED) is 0.696. The van der Waals surface area contributed by atoms with Gasteiger partial charge < -0.3 is 10.2 Å². The summed E-state index contributed by atoms with van der Waals surface area (Å²) in [5, 5.41) is 3.30. The summed E-state index contributed by atoms with van der Waals surface area (Å²) in [5.41, 5.74) is 1.78. The van der Waals surface area contributed by atoms with Crippen molar-refractivity contribution in [1.82, 2.24) is 5.32 Å². The van der Waals surface area contributed by atoms with Crippen molar-refractivity contribution in [3.8, 4) is 0 Å². The van der Waals surface area contributed by atoms with E-state index < -0.39 is 0 Å². The zero-order valence-electron chi connectivity index (χ0n) is 13.1. The fourth-order valence-electron chi connectivity index (χ4n) is 2.16. The van der Waals surface area contributed by atoms with Crippen molar-refractivity contribution in [2.75, 3.05) is 30.5 Å². The molecule has 20 heavy (non-hydrogen) atoms. The van der Waals surface area contributed by atoms with Gasteiger partial charge in [-0.1, -0.05) is 13.0 Å². The lowest BCUT2D eigenvalue weighted by Gasteiger charge is -2.29. The van der Waals surface area contributed by atoms with Crippen LogP contribution in [-0.4, -0.2) is 31.6 Å². The lowest BCUT2D eigenvalue weighted by Crippen LogP contribution is -2.31. The summed E-state index contributed by atoms with van der Waals surface area (Å²) >= 11 is 1.85. The molecule has 0 radical (unpaired) electrons. The fraction of sp³-hybridized carbons (Fsp3) is 0.625. The van der Waals surface area contributed by atoms with Crippen molar-refractivity contribution in [3.63, 3.8) is 0 Å². The fourth-order valence-corrected chi connectivity index (χ4v) is 2.74. The first-order chi connectivity index (χ1) is 9.61. The van der Waals surface area contributed by atoms with E-state index in [4.69, 9.17) is 0 Å². The van der Waals surface area contributed by atoms with Gasteiger partial charge in [-0.15, -0.1) is 0 Å². The van der Waals surface area contributed by atoms with Gasteiger partial charge in [0.15, 0.2) is 0 Å². The van der Waals surface area contributed by atoms with E-state index in [1.54, 1.807) is 12.1 Å². The molecule has 1 atom stereocenters. The molecule has 1 aromatic rings. The minimum atomic E-state index is -0.116. The molecule has 0 aromatic heterocycles. The molecule has 0 amide bonds. The molecule has 114 valence electrons. The van der Waals surface area contributed by atoms with Crippen molar-refractivity contribution in [2.45, 2.75) is 39.3 Å². The van der Waals surface area contributed by atoms with Gasteiger partial charge in [-0.3, -0.25) is 0 Å². The molecule has 1 aromatic carbocycles. The normalized spacial score (nSPS) is 12.4. The number of nitrogens with zero attached hydrogens (tertiary/aromatic N) is 1. The maximum atomic E-state index is 14.1. The van der Waals surface area contributed by atoms with Crippen LogP contribution in [0, 0.1) is 5.82 Å². The van der Waals surface area contributed by atoms with Crippen molar-refractivity contribution < 1.29 is 4.39 Å². The van der Waals surface area contributed by atoms with Crippen molar-refractivity contribution in [1.29, 1.82) is 0 Å². The van der Waals surface area contributed by atoms with E-state index in [1.165, 1.54) is 0 Å². The first kappa shape index (κ1) is 17.3. The van der Waals surface area contributed by atoms with Gasteiger partial charge in [-0.25, -0.2) is 4.39 Å². The summed E-state index contributed by atoms with van der Waals surface area (Å²) in [5.74, 6) is 1.01. The minimum Gasteiger partial charge on any atom is -0.372 e. The average Bonchev–Trinajstić information content (AvgIpc) is 2.45. The van der Waals surface area contributed by atoms with Gasteiger partial charge in [-0.05, 0) is 50.5 Å². The monoisotopic (exact) mass is 298 g/mol. The van der Waals surface area contributed by atoms with Crippen molar-refractivity contribution in [3.05, 3.63) is 29.6 Å². The number of rotatable bonds is 9. The molecule has 0 heterocycles. The second kappa shape index (κ2) is 9.24. The highest BCUT2D eigenvalue weighted by atomic mass is 32.2. The van der Waals surface area contributed by atoms with Crippen molar-refractivity contribution >= 4 is 17.4 Å². The van der Waals surface area contributed by atoms with Crippen LogP contribution in [0.3, 0.4) is 0 Å². The summed E-state index contributed by atoms with van der Waals surface area (Å²) < 4.78 is 14.1. The largest absolute Gasteiger partial charge is 0.372 e. The zero-order chi connectivity index (χ0) is 15.0. The van der Waals surface area contributed by atoms with Crippen LogP contribution in [0.25, 0.3) is 0 Å². The number of hydrogen-bond acceptors (Lipinski definition) is 3. The molecular formula is C16H27FN2S. The third-order valence-corrected chi connectivity index (χ3v) is 4.25. The van der Waals surface area contributed by atoms with Gasteiger partial charge in [0, 0.05) is 30.9 Å². The Morgan fingerprint density at radius 3 is 2.80 bits per heavy atom. The summed E-state index contributed by atoms with van der Waals surface area (Å²) in [7, 11) is 2.06. The van der Waals surface area contributed by atoms with Crippen LogP contribution in [0.2, 0.25) is 0 Å². The van der Waals surface area contributed by atoms with Crippen LogP contribution in [0.5, 0.6) is 0 Å². The lowest BCUT2D eigenvalue weighted by atomic mass is 10.1. The molecule has 4 heteroatoms. The topological polar surface area (TPSA) is 15.3 Å². The van der Waals surface area contributed by atoms with Crippen LogP contribution in [0.15, 0.2) is 18.2 Å². The van der Waals surface area contributed by atoms with Gasteiger partial charge >= 0.3 is 0 Å². The van der Waals surface area contributed by atoms with E-state index in [9.17, 15) is 4.39 Å². The van der Waals surface area contributed by atoms with E-state index >= 15 is 0 Å². The predicted octanol–water partition coefficient (Wildman–Crippen LogP) is 3.90. The predicted molar refractivity (Wildman–Crippen MR) is 89.3 cm³/mol. The SMILES string of the molecule is CCCNCc1c(F)cccc1N(C)C(C)CCSC. The van der Waals surface area contributed by atoms with Gasteiger partial charge in [-0.2, -0.15) is 11.8 Å². The Bertz CT molecular complexity index is 398. The molecule has 0 aliphatic rings. The Hall–Kier alpha value is -0.740. The number of halogens is 1. The van der Waals surface area contributed by atoms with Crippen LogP contribution in [-0.2, 0) is 6.54 Å². The van der Waals surface area contributed by atoms with Gasteiger partial charge in [0.1, 0.15) is 5.82 Å². The van der Waals surface area contributed by atoms with E-state index in [-0.39, 0.29) is 5.82 Å². The summed E-state index contributed by atoms with van der Waals surface area (Å²) in [4.78, 5) is 2.20. The Morgan fingerprint density at radius 1 is 1.40 bits per heavy atom. The van der Waals surface area contributed by atoms with Crippen LogP contribution < -0.4 is 10.2 Å². The van der Waals surface area contributed by atoms with E-state index in [2.05, 4.69) is 37.4 Å². The van der Waals surface area contributed by atoms with Crippen LogP contribution in [0.4, 0.5) is 10.1 Å². The molecule has 0 spiro atoms. The molecule has 1 N–H and O–H groups in total. The highest BCUT2D eigenvalue weighted by Gasteiger charge is 2.15. The highest BCUT2D eigenvalue weighted by Crippen LogP contribution is 2.25. The standard InChI is InChI=1S/C16H27FN2S/c1-5-10-18-12-14-15(17)7-6-8-16(14)19(3)13(2)9-11-20-4/h6-8,13,18H,5,9-12H2,1-4H3. The summed E-state index contributed by atoms with van der Waals surface area (Å²) in [6.45, 7) is 5.82. The third-order valence-electron chi connectivity index (χ3n) is 3.60. The molecule has 0 saturated heterocycles. The number of benzene rings is 1. The third kappa shape index (κ3) is 4.98. The van der Waals surface area contributed by atoms with Gasteiger partial charge in [0.2, 0.25) is 0 Å². The van der Waals surface area contributed by atoms with Crippen molar-refractivity contribution in [2.24, 2.45) is 0 Å². The Kier molecular flexibility index (Phi) is 8.00. The highest BCUT2D eigenvalue weighted by molar-refractivity contribution is 7.98. The summed E-state index contributed by atoms with van der Waals surface area (Å²) in [6, 6.07) is 5.77. The number of nitrogens with one attached hydrogen (secondary N) is 1. The van der Waals surface area contributed by atoms with Gasteiger partial charge in [0.25, 0.3) is 0 Å². The van der Waals surface area contributed by atoms with E-state index in [1.807, 2.05) is 17.8 Å². The maximum Gasteiger partial charge on any atom is 0.129 e. The first-order valence-corrected chi connectivity index (χ1v) is 8.71. The van der Waals surface area contributed by atoms with E-state index in [0.717, 1.165) is 36.4 Å². The molecule has 0 aliphatic heterocycles. The zero-order valence-corrected chi connectivity index (χ0v) is 13.9. The smallest absolute Gasteiger partial charge is 0.129 e. The van der Waals surface area contributed by atoms with E-state index in [0.29, 0.717) is 12.6 Å². The Morgan fingerprint density at radius 2 is 2.15 bits per heavy atom. The Labute approximate surface area is 127 Å². The number of hydrogen-bond donors (Lipinski definition) is 1. The summed E-state index contributed by atoms with van der Waals surface area (Å²) in [6.07, 6.45) is 4.29. The molecule has 0 saturated carbocycles. The number of anilines is 1. The Balaban J connectivity index is 2.83. The molecular weight excluding hydrogens is 271 g/mol. The molecule has 2 nitrogen and oxygen atoms in total. The van der Waals surface area contributed by atoms with Gasteiger partial charge in [0.05, 0.1) is 0 Å².